The molecule has 0 fully saturated rings. The van der Waals surface area contributed by atoms with Crippen LogP contribution >= 0.6 is 11.8 Å². The number of rotatable bonds is 5. The average Bonchev–Trinajstić information content (AvgIpc) is 2.45. The third-order valence-corrected chi connectivity index (χ3v) is 5.36. The maximum Gasteiger partial charge on any atom is 0.264 e. The largest absolute Gasteiger partial charge is 0.384 e. The van der Waals surface area contributed by atoms with E-state index in [1.54, 1.807) is 13.0 Å². The van der Waals surface area contributed by atoms with Crippen molar-refractivity contribution < 1.29 is 22.7 Å². The molecule has 0 unspecified atom stereocenters. The zero-order valence-electron chi connectivity index (χ0n) is 12.1. The number of carbonyl (C=O) groups excluding carboxylic acids is 2. The van der Waals surface area contributed by atoms with E-state index >= 15 is 0 Å². The summed E-state index contributed by atoms with van der Waals surface area (Å²) in [6.07, 6.45) is 0. The van der Waals surface area contributed by atoms with Crippen LogP contribution in [0, 0.1) is 0 Å². The molecule has 1 atom stereocenters. The quantitative estimate of drug-likeness (QED) is 0.820. The van der Waals surface area contributed by atoms with E-state index in [1.165, 1.54) is 31.0 Å². The third kappa shape index (κ3) is 3.99. The lowest BCUT2D eigenvalue weighted by molar-refractivity contribution is -0.115. The van der Waals surface area contributed by atoms with Crippen molar-refractivity contribution in [2.75, 3.05) is 24.8 Å². The van der Waals surface area contributed by atoms with Crippen LogP contribution < -0.4 is 10.0 Å². The molecular weight excluding hydrogens is 328 g/mol. The summed E-state index contributed by atoms with van der Waals surface area (Å²) in [5.41, 5.74) is 0.672. The summed E-state index contributed by atoms with van der Waals surface area (Å²) in [7, 11) is -2.37. The van der Waals surface area contributed by atoms with E-state index in [0.29, 0.717) is 5.69 Å². The SMILES string of the molecule is COCCS(=O)(=O)NC(=O)c1ccc2c(c1)NC(=O)[C@@H](C)S2. The molecule has 2 N–H and O–H groups in total. The molecule has 0 radical (unpaired) electrons. The summed E-state index contributed by atoms with van der Waals surface area (Å²) in [6.45, 7) is 1.78. The molecule has 0 saturated carbocycles. The number of fused-ring (bicyclic) bond motifs is 1. The zero-order valence-corrected chi connectivity index (χ0v) is 13.7. The molecule has 0 aliphatic carbocycles. The highest BCUT2D eigenvalue weighted by molar-refractivity contribution is 8.01. The smallest absolute Gasteiger partial charge is 0.264 e. The lowest BCUT2D eigenvalue weighted by Gasteiger charge is -2.21. The summed E-state index contributed by atoms with van der Waals surface area (Å²) in [5, 5.41) is 2.49. The molecule has 0 aromatic heterocycles. The number of sulfonamides is 1. The van der Waals surface area contributed by atoms with Crippen molar-refractivity contribution >= 4 is 39.3 Å². The van der Waals surface area contributed by atoms with Crippen LogP contribution in [0.25, 0.3) is 0 Å². The highest BCUT2D eigenvalue weighted by Gasteiger charge is 2.24. The second-order valence-corrected chi connectivity index (χ2v) is 7.93. The molecule has 0 bridgehead atoms. The molecule has 0 saturated heterocycles. The number of amides is 2. The van der Waals surface area contributed by atoms with Crippen molar-refractivity contribution in [3.63, 3.8) is 0 Å². The number of carbonyl (C=O) groups is 2. The predicted octanol–water partition coefficient (Wildman–Crippen LogP) is 0.825. The first-order valence-corrected chi connectivity index (χ1v) is 9.01. The Morgan fingerprint density at radius 2 is 2.18 bits per heavy atom. The fourth-order valence-corrected chi connectivity index (χ4v) is 3.61. The second-order valence-electron chi connectivity index (χ2n) is 4.70. The van der Waals surface area contributed by atoms with Gasteiger partial charge in [-0.15, -0.1) is 11.8 Å². The number of benzene rings is 1. The third-order valence-electron chi connectivity index (χ3n) is 2.98. The molecule has 7 nitrogen and oxygen atoms in total. The molecule has 1 heterocycles. The van der Waals surface area contributed by atoms with E-state index in [9.17, 15) is 18.0 Å². The van der Waals surface area contributed by atoms with Crippen LogP contribution in [0.5, 0.6) is 0 Å². The van der Waals surface area contributed by atoms with Crippen LogP contribution in [0.1, 0.15) is 17.3 Å². The number of ether oxygens (including phenoxy) is 1. The maximum absolute atomic E-state index is 12.0. The zero-order chi connectivity index (χ0) is 16.3. The van der Waals surface area contributed by atoms with Gasteiger partial charge in [0.25, 0.3) is 5.91 Å². The molecule has 1 aromatic rings. The summed E-state index contributed by atoms with van der Waals surface area (Å²) >= 11 is 1.39. The van der Waals surface area contributed by atoms with Gasteiger partial charge in [-0.1, -0.05) is 0 Å². The van der Waals surface area contributed by atoms with Crippen LogP contribution in [-0.2, 0) is 19.6 Å². The number of methoxy groups -OCH3 is 1. The fraction of sp³-hybridized carbons (Fsp3) is 0.385. The Kier molecular flexibility index (Phi) is 5.09. The standard InChI is InChI=1S/C13H16N2O5S2/c1-8-12(16)14-10-7-9(3-4-11(10)21-8)13(17)15-22(18,19)6-5-20-2/h3-4,7-8H,5-6H2,1-2H3,(H,14,16)(H,15,17)/t8-/m1/s1. The topological polar surface area (TPSA) is 102 Å². The average molecular weight is 344 g/mol. The summed E-state index contributed by atoms with van der Waals surface area (Å²) in [6, 6.07) is 4.68. The van der Waals surface area contributed by atoms with Crippen LogP contribution in [0.15, 0.2) is 23.1 Å². The number of hydrogen-bond donors (Lipinski definition) is 2. The van der Waals surface area contributed by atoms with E-state index in [4.69, 9.17) is 0 Å². The first kappa shape index (κ1) is 16.8. The number of nitrogens with one attached hydrogen (secondary N) is 2. The van der Waals surface area contributed by atoms with E-state index in [2.05, 4.69) is 10.1 Å². The van der Waals surface area contributed by atoms with E-state index in [-0.39, 0.29) is 29.1 Å². The molecule has 0 spiro atoms. The molecule has 1 aliphatic rings. The lowest BCUT2D eigenvalue weighted by atomic mass is 10.2. The molecule has 22 heavy (non-hydrogen) atoms. The van der Waals surface area contributed by atoms with Crippen molar-refractivity contribution in [3.05, 3.63) is 23.8 Å². The Labute approximate surface area is 132 Å². The minimum absolute atomic E-state index is 0.00259. The van der Waals surface area contributed by atoms with Gasteiger partial charge in [0.2, 0.25) is 15.9 Å². The van der Waals surface area contributed by atoms with Crippen LogP contribution in [-0.4, -0.2) is 45.0 Å². The van der Waals surface area contributed by atoms with Gasteiger partial charge >= 0.3 is 0 Å². The first-order chi connectivity index (χ1) is 10.3. The molecule has 9 heteroatoms. The minimum atomic E-state index is -3.75. The van der Waals surface area contributed by atoms with Gasteiger partial charge in [0.15, 0.2) is 0 Å². The van der Waals surface area contributed by atoms with Crippen molar-refractivity contribution in [2.45, 2.75) is 17.1 Å². The second kappa shape index (κ2) is 6.67. The predicted molar refractivity (Wildman–Crippen MR) is 83.5 cm³/mol. The molecule has 1 aliphatic heterocycles. The van der Waals surface area contributed by atoms with Gasteiger partial charge in [-0.25, -0.2) is 13.1 Å². The van der Waals surface area contributed by atoms with Crippen molar-refractivity contribution in [3.8, 4) is 0 Å². The minimum Gasteiger partial charge on any atom is -0.384 e. The fourth-order valence-electron chi connectivity index (χ4n) is 1.79. The Balaban J connectivity index is 2.15. The van der Waals surface area contributed by atoms with Gasteiger partial charge in [-0.05, 0) is 25.1 Å². The van der Waals surface area contributed by atoms with E-state index < -0.39 is 15.9 Å². The van der Waals surface area contributed by atoms with Gasteiger partial charge < -0.3 is 10.1 Å². The van der Waals surface area contributed by atoms with Crippen molar-refractivity contribution in [1.82, 2.24) is 4.72 Å². The van der Waals surface area contributed by atoms with Crippen LogP contribution in [0.4, 0.5) is 5.69 Å². The molecule has 120 valence electrons. The Morgan fingerprint density at radius 1 is 1.45 bits per heavy atom. The summed E-state index contributed by atoms with van der Waals surface area (Å²) < 4.78 is 30.0. The normalized spacial score (nSPS) is 17.5. The van der Waals surface area contributed by atoms with Crippen molar-refractivity contribution in [1.29, 1.82) is 0 Å². The highest BCUT2D eigenvalue weighted by Crippen LogP contribution is 2.35. The summed E-state index contributed by atoms with van der Waals surface area (Å²) in [5.74, 6) is -1.19. The number of hydrogen-bond acceptors (Lipinski definition) is 6. The Bertz CT molecular complexity index is 702. The first-order valence-electron chi connectivity index (χ1n) is 6.48. The van der Waals surface area contributed by atoms with Crippen molar-refractivity contribution in [2.24, 2.45) is 0 Å². The van der Waals surface area contributed by atoms with E-state index in [1.807, 2.05) is 4.72 Å². The monoisotopic (exact) mass is 344 g/mol. The summed E-state index contributed by atoms with van der Waals surface area (Å²) in [4.78, 5) is 24.5. The molecule has 2 rings (SSSR count). The Morgan fingerprint density at radius 3 is 2.86 bits per heavy atom. The van der Waals surface area contributed by atoms with Crippen LogP contribution in [0.3, 0.4) is 0 Å². The number of thioether (sulfide) groups is 1. The van der Waals surface area contributed by atoms with Gasteiger partial charge in [-0.2, -0.15) is 0 Å². The van der Waals surface area contributed by atoms with Gasteiger partial charge in [0, 0.05) is 17.6 Å². The molecule has 2 amide bonds. The van der Waals surface area contributed by atoms with Crippen LogP contribution in [0.2, 0.25) is 0 Å². The maximum atomic E-state index is 12.0. The molecule has 1 aromatic carbocycles. The highest BCUT2D eigenvalue weighted by atomic mass is 32.2. The van der Waals surface area contributed by atoms with Gasteiger partial charge in [0.05, 0.1) is 23.3 Å². The van der Waals surface area contributed by atoms with Gasteiger partial charge in [0.1, 0.15) is 0 Å². The molecular formula is C13H16N2O5S2. The lowest BCUT2D eigenvalue weighted by Crippen LogP contribution is -2.34. The Hall–Kier alpha value is -1.58. The van der Waals surface area contributed by atoms with Gasteiger partial charge in [-0.3, -0.25) is 9.59 Å². The van der Waals surface area contributed by atoms with E-state index in [0.717, 1.165) is 4.90 Å². The number of anilines is 1.